The van der Waals surface area contributed by atoms with Crippen LogP contribution < -0.4 is 5.32 Å². The molecule has 1 aliphatic heterocycles. The van der Waals surface area contributed by atoms with E-state index < -0.39 is 30.4 Å². The van der Waals surface area contributed by atoms with Crippen molar-refractivity contribution < 1.29 is 43.2 Å². The molecule has 0 radical (unpaired) electrons. The molecule has 0 aromatic heterocycles. The van der Waals surface area contributed by atoms with Crippen molar-refractivity contribution in [3.05, 3.63) is 12.2 Å². The molecule has 11 nitrogen and oxygen atoms in total. The van der Waals surface area contributed by atoms with E-state index in [1.807, 2.05) is 0 Å². The van der Waals surface area contributed by atoms with Gasteiger partial charge in [-0.05, 0) is 6.42 Å². The van der Waals surface area contributed by atoms with Crippen LogP contribution in [0.5, 0.6) is 0 Å². The van der Waals surface area contributed by atoms with E-state index in [0.717, 1.165) is 4.90 Å². The minimum atomic E-state index is -0.894. The Morgan fingerprint density at radius 2 is 1.75 bits per heavy atom. The second kappa shape index (κ2) is 12.9. The number of hydrogen-bond donors (Lipinski definition) is 2. The lowest BCUT2D eigenvalue weighted by Crippen LogP contribution is -2.38. The Morgan fingerprint density at radius 1 is 1.11 bits per heavy atom. The number of ether oxygens (including phenoxy) is 4. The molecule has 0 aliphatic carbocycles. The van der Waals surface area contributed by atoms with Crippen molar-refractivity contribution in [3.8, 4) is 0 Å². The van der Waals surface area contributed by atoms with Crippen molar-refractivity contribution in [3.63, 3.8) is 0 Å². The number of carbonyl (C=O) groups is 4. The van der Waals surface area contributed by atoms with Gasteiger partial charge in [-0.1, -0.05) is 0 Å². The summed E-state index contributed by atoms with van der Waals surface area (Å²) in [6.45, 7) is -0.336. The molecule has 1 heterocycles. The highest BCUT2D eigenvalue weighted by molar-refractivity contribution is 6.12. The number of aliphatic hydroxyl groups excluding tert-OH is 1. The Hall–Kier alpha value is -2.34. The van der Waals surface area contributed by atoms with Gasteiger partial charge in [0.05, 0.1) is 6.61 Å². The fourth-order valence-electron chi connectivity index (χ4n) is 2.18. The van der Waals surface area contributed by atoms with Crippen LogP contribution >= 0.6 is 0 Å². The smallest absolute Gasteiger partial charge is 0.305 e. The monoisotopic (exact) mass is 402 g/mol. The van der Waals surface area contributed by atoms with Gasteiger partial charge < -0.3 is 29.4 Å². The molecule has 0 fully saturated rings. The molecule has 0 aromatic carbocycles. The number of hydrogen-bond acceptors (Lipinski definition) is 9. The highest BCUT2D eigenvalue weighted by Crippen LogP contribution is 2.05. The maximum Gasteiger partial charge on any atom is 0.305 e. The van der Waals surface area contributed by atoms with Crippen molar-refractivity contribution >= 4 is 23.7 Å². The second-order valence-electron chi connectivity index (χ2n) is 5.70. The molecule has 1 aliphatic rings. The van der Waals surface area contributed by atoms with Crippen LogP contribution in [0.25, 0.3) is 0 Å². The summed E-state index contributed by atoms with van der Waals surface area (Å²) in [5.74, 6) is -1.65. The van der Waals surface area contributed by atoms with Crippen LogP contribution in [0.3, 0.4) is 0 Å². The van der Waals surface area contributed by atoms with E-state index in [2.05, 4.69) is 5.32 Å². The Balaban J connectivity index is 2.13. The van der Waals surface area contributed by atoms with Gasteiger partial charge in [-0.15, -0.1) is 0 Å². The van der Waals surface area contributed by atoms with Crippen LogP contribution in [0, 0.1) is 0 Å². The number of imide groups is 1. The number of carbonyl (C=O) groups excluding carboxylic acids is 4. The summed E-state index contributed by atoms with van der Waals surface area (Å²) in [5.41, 5.74) is 0. The number of nitrogens with one attached hydrogen (secondary N) is 1. The first-order chi connectivity index (χ1) is 13.4. The highest BCUT2D eigenvalue weighted by Gasteiger charge is 2.22. The molecule has 28 heavy (non-hydrogen) atoms. The zero-order valence-electron chi connectivity index (χ0n) is 15.9. The van der Waals surface area contributed by atoms with Crippen molar-refractivity contribution in [2.24, 2.45) is 0 Å². The fraction of sp³-hybridized carbons (Fsp3) is 0.647. The maximum absolute atomic E-state index is 11.7. The summed E-state index contributed by atoms with van der Waals surface area (Å²) >= 11 is 0. The molecular formula is C17H26N2O9. The van der Waals surface area contributed by atoms with Gasteiger partial charge in [-0.3, -0.25) is 24.1 Å². The highest BCUT2D eigenvalue weighted by atomic mass is 16.8. The lowest BCUT2D eigenvalue weighted by Gasteiger charge is -2.21. The van der Waals surface area contributed by atoms with Crippen LogP contribution in [-0.4, -0.2) is 86.8 Å². The number of rotatable bonds is 14. The number of amides is 3. The molecule has 11 heteroatoms. The number of methoxy groups -OCH3 is 2. The van der Waals surface area contributed by atoms with E-state index in [9.17, 15) is 19.2 Å². The number of aliphatic hydroxyl groups is 1. The van der Waals surface area contributed by atoms with Gasteiger partial charge in [0.1, 0.15) is 6.61 Å². The SMILES string of the molecule is COC(CO)OC(COC(=O)CCCC(=O)NCCN1C(=O)C=CC1=O)OC. The van der Waals surface area contributed by atoms with E-state index in [4.69, 9.17) is 24.1 Å². The third-order valence-corrected chi connectivity index (χ3v) is 3.70. The van der Waals surface area contributed by atoms with Gasteiger partial charge in [-0.2, -0.15) is 0 Å². The zero-order chi connectivity index (χ0) is 20.9. The molecular weight excluding hydrogens is 376 g/mol. The average molecular weight is 402 g/mol. The summed E-state index contributed by atoms with van der Waals surface area (Å²) in [6.07, 6.45) is 0.941. The van der Waals surface area contributed by atoms with Crippen LogP contribution in [0.2, 0.25) is 0 Å². The van der Waals surface area contributed by atoms with Gasteiger partial charge in [0.2, 0.25) is 5.91 Å². The Bertz CT molecular complexity index is 557. The van der Waals surface area contributed by atoms with Crippen molar-refractivity contribution in [1.82, 2.24) is 10.2 Å². The van der Waals surface area contributed by atoms with Crippen LogP contribution in [0.1, 0.15) is 19.3 Å². The molecule has 0 aromatic rings. The molecule has 0 saturated carbocycles. The quantitative estimate of drug-likeness (QED) is 0.206. The van der Waals surface area contributed by atoms with Crippen LogP contribution in [0.15, 0.2) is 12.2 Å². The summed E-state index contributed by atoms with van der Waals surface area (Å²) < 4.78 is 20.0. The summed E-state index contributed by atoms with van der Waals surface area (Å²) in [7, 11) is 2.70. The van der Waals surface area contributed by atoms with E-state index in [1.165, 1.54) is 26.4 Å². The fourth-order valence-corrected chi connectivity index (χ4v) is 2.18. The summed E-state index contributed by atoms with van der Waals surface area (Å²) in [5, 5.41) is 11.6. The largest absolute Gasteiger partial charge is 0.460 e. The standard InChI is InChI=1S/C17H26N2O9/c1-25-16(10-20)28-17(26-2)11-27-15(24)5-3-4-12(21)18-8-9-19-13(22)6-7-14(19)23/h6-7,16-17,20H,3-5,8-11H2,1-2H3,(H,18,21). The Labute approximate surface area is 162 Å². The Kier molecular flexibility index (Phi) is 11.0. The molecule has 1 rings (SSSR count). The van der Waals surface area contributed by atoms with Gasteiger partial charge >= 0.3 is 5.97 Å². The lowest BCUT2D eigenvalue weighted by molar-refractivity contribution is -0.251. The lowest BCUT2D eigenvalue weighted by atomic mass is 10.2. The first-order valence-corrected chi connectivity index (χ1v) is 8.69. The van der Waals surface area contributed by atoms with Crippen molar-refractivity contribution in [2.75, 3.05) is 40.5 Å². The molecule has 0 saturated heterocycles. The molecule has 0 bridgehead atoms. The molecule has 3 amide bonds. The van der Waals surface area contributed by atoms with E-state index in [0.29, 0.717) is 0 Å². The Morgan fingerprint density at radius 3 is 2.32 bits per heavy atom. The second-order valence-corrected chi connectivity index (χ2v) is 5.70. The van der Waals surface area contributed by atoms with E-state index in [1.54, 1.807) is 0 Å². The normalized spacial score (nSPS) is 15.6. The predicted molar refractivity (Wildman–Crippen MR) is 93.4 cm³/mol. The maximum atomic E-state index is 11.7. The van der Waals surface area contributed by atoms with Crippen LogP contribution in [0.4, 0.5) is 0 Å². The topological polar surface area (TPSA) is 141 Å². The van der Waals surface area contributed by atoms with E-state index in [-0.39, 0.29) is 51.5 Å². The minimum Gasteiger partial charge on any atom is -0.460 e. The summed E-state index contributed by atoms with van der Waals surface area (Å²) in [6, 6.07) is 0. The molecule has 158 valence electrons. The third kappa shape index (κ3) is 8.57. The van der Waals surface area contributed by atoms with Crippen molar-refractivity contribution in [2.45, 2.75) is 31.8 Å². The van der Waals surface area contributed by atoms with Crippen LogP contribution in [-0.2, 0) is 38.1 Å². The van der Waals surface area contributed by atoms with E-state index >= 15 is 0 Å². The molecule has 2 unspecified atom stereocenters. The van der Waals surface area contributed by atoms with Gasteiger partial charge in [-0.25, -0.2) is 0 Å². The molecule has 2 N–H and O–H groups in total. The summed E-state index contributed by atoms with van der Waals surface area (Å²) in [4.78, 5) is 47.1. The van der Waals surface area contributed by atoms with Gasteiger partial charge in [0.15, 0.2) is 12.6 Å². The predicted octanol–water partition coefficient (Wildman–Crippen LogP) is -1.30. The van der Waals surface area contributed by atoms with Gasteiger partial charge in [0.25, 0.3) is 11.8 Å². The number of esters is 1. The first-order valence-electron chi connectivity index (χ1n) is 8.69. The van der Waals surface area contributed by atoms with Crippen molar-refractivity contribution in [1.29, 1.82) is 0 Å². The number of nitrogens with zero attached hydrogens (tertiary/aromatic N) is 1. The first kappa shape index (κ1) is 23.7. The third-order valence-electron chi connectivity index (χ3n) is 3.70. The molecule has 2 atom stereocenters. The van der Waals surface area contributed by atoms with Gasteiger partial charge in [0, 0.05) is 52.3 Å². The molecule has 0 spiro atoms. The average Bonchev–Trinajstić information content (AvgIpc) is 3.00. The zero-order valence-corrected chi connectivity index (χ0v) is 15.9. The minimum absolute atomic E-state index is 0.0184.